The fraction of sp³-hybridized carbons (Fsp3) is 0.222. The predicted molar refractivity (Wildman–Crippen MR) is 91.3 cm³/mol. The van der Waals surface area contributed by atoms with Crippen LogP contribution in [-0.2, 0) is 0 Å². The standard InChI is InChI=1S/C18H18N2O4/c1-2-15(13-5-8-16-17(11-13)24-10-9-23-16)20-19-14-6-3-12(4-7-14)18(21)22/h3-8,11,19H,2,9-10H2,1H3,(H,21,22)/b20-15-. The van der Waals surface area contributed by atoms with Gasteiger partial charge < -0.3 is 14.6 Å². The van der Waals surface area contributed by atoms with E-state index in [2.05, 4.69) is 10.5 Å². The number of nitrogens with zero attached hydrogens (tertiary/aromatic N) is 1. The minimum Gasteiger partial charge on any atom is -0.486 e. The Hall–Kier alpha value is -3.02. The van der Waals surface area contributed by atoms with Crippen molar-refractivity contribution < 1.29 is 19.4 Å². The van der Waals surface area contributed by atoms with E-state index in [9.17, 15) is 4.79 Å². The van der Waals surface area contributed by atoms with Gasteiger partial charge >= 0.3 is 5.97 Å². The van der Waals surface area contributed by atoms with Gasteiger partial charge in [0, 0.05) is 5.56 Å². The van der Waals surface area contributed by atoms with Crippen molar-refractivity contribution in [2.75, 3.05) is 18.6 Å². The fourth-order valence-corrected chi connectivity index (χ4v) is 2.39. The molecule has 0 amide bonds. The van der Waals surface area contributed by atoms with Crippen LogP contribution in [0.25, 0.3) is 0 Å². The maximum Gasteiger partial charge on any atom is 0.335 e. The summed E-state index contributed by atoms with van der Waals surface area (Å²) >= 11 is 0. The van der Waals surface area contributed by atoms with Gasteiger partial charge in [0.2, 0.25) is 0 Å². The van der Waals surface area contributed by atoms with Gasteiger partial charge in [-0.2, -0.15) is 5.10 Å². The molecule has 1 heterocycles. The maximum absolute atomic E-state index is 10.9. The number of benzene rings is 2. The van der Waals surface area contributed by atoms with Crippen LogP contribution in [0.3, 0.4) is 0 Å². The molecule has 2 N–H and O–H groups in total. The third-order valence-electron chi connectivity index (χ3n) is 3.66. The molecule has 1 aliphatic rings. The summed E-state index contributed by atoms with van der Waals surface area (Å²) in [6, 6.07) is 12.2. The van der Waals surface area contributed by atoms with Gasteiger partial charge in [-0.25, -0.2) is 4.79 Å². The predicted octanol–water partition coefficient (Wildman–Crippen LogP) is 3.38. The van der Waals surface area contributed by atoms with E-state index in [1.807, 2.05) is 25.1 Å². The van der Waals surface area contributed by atoms with Crippen molar-refractivity contribution in [2.45, 2.75) is 13.3 Å². The Morgan fingerprint density at radius 3 is 2.42 bits per heavy atom. The summed E-state index contributed by atoms with van der Waals surface area (Å²) < 4.78 is 11.1. The molecule has 2 aromatic carbocycles. The number of hydrogen-bond donors (Lipinski definition) is 2. The summed E-state index contributed by atoms with van der Waals surface area (Å²) in [5.74, 6) is 0.527. The van der Waals surface area contributed by atoms with E-state index >= 15 is 0 Å². The molecule has 0 unspecified atom stereocenters. The van der Waals surface area contributed by atoms with Crippen LogP contribution in [0.4, 0.5) is 5.69 Å². The summed E-state index contributed by atoms with van der Waals surface area (Å²) in [7, 11) is 0. The van der Waals surface area contributed by atoms with Gasteiger partial charge in [0.15, 0.2) is 11.5 Å². The van der Waals surface area contributed by atoms with Crippen molar-refractivity contribution in [1.82, 2.24) is 0 Å². The van der Waals surface area contributed by atoms with Gasteiger partial charge in [-0.15, -0.1) is 0 Å². The number of hydrazone groups is 1. The molecule has 0 atom stereocenters. The summed E-state index contributed by atoms with van der Waals surface area (Å²) in [6.07, 6.45) is 0.736. The second-order valence-corrected chi connectivity index (χ2v) is 5.26. The summed E-state index contributed by atoms with van der Waals surface area (Å²) in [5, 5.41) is 13.3. The van der Waals surface area contributed by atoms with Crippen molar-refractivity contribution in [3.8, 4) is 11.5 Å². The molecule has 124 valence electrons. The van der Waals surface area contributed by atoms with Crippen LogP contribution in [0, 0.1) is 0 Å². The first-order valence-electron chi connectivity index (χ1n) is 7.73. The van der Waals surface area contributed by atoms with E-state index in [4.69, 9.17) is 14.6 Å². The zero-order chi connectivity index (χ0) is 16.9. The molecule has 0 aliphatic carbocycles. The highest BCUT2D eigenvalue weighted by molar-refractivity contribution is 6.01. The highest BCUT2D eigenvalue weighted by atomic mass is 16.6. The Balaban J connectivity index is 1.78. The molecule has 0 spiro atoms. The summed E-state index contributed by atoms with van der Waals surface area (Å²) in [6.45, 7) is 3.13. The number of carboxylic acid groups (broad SMARTS) is 1. The molecule has 1 aliphatic heterocycles. The number of rotatable bonds is 5. The normalized spacial score (nSPS) is 13.5. The monoisotopic (exact) mass is 326 g/mol. The highest BCUT2D eigenvalue weighted by Gasteiger charge is 2.13. The van der Waals surface area contributed by atoms with E-state index in [1.165, 1.54) is 12.1 Å². The van der Waals surface area contributed by atoms with E-state index in [1.54, 1.807) is 12.1 Å². The first-order valence-corrected chi connectivity index (χ1v) is 7.73. The third-order valence-corrected chi connectivity index (χ3v) is 3.66. The van der Waals surface area contributed by atoms with E-state index in [0.29, 0.717) is 13.2 Å². The van der Waals surface area contributed by atoms with Crippen LogP contribution in [-0.4, -0.2) is 30.0 Å². The average molecular weight is 326 g/mol. The van der Waals surface area contributed by atoms with Crippen LogP contribution in [0.5, 0.6) is 11.5 Å². The highest BCUT2D eigenvalue weighted by Crippen LogP contribution is 2.31. The van der Waals surface area contributed by atoms with Crippen molar-refractivity contribution in [2.24, 2.45) is 5.10 Å². The van der Waals surface area contributed by atoms with Gasteiger partial charge in [0.1, 0.15) is 13.2 Å². The first-order chi connectivity index (χ1) is 11.7. The molecule has 2 aromatic rings. The lowest BCUT2D eigenvalue weighted by molar-refractivity contribution is 0.0697. The third kappa shape index (κ3) is 3.48. The van der Waals surface area contributed by atoms with Crippen LogP contribution >= 0.6 is 0 Å². The zero-order valence-electron chi connectivity index (χ0n) is 13.3. The number of fused-ring (bicyclic) bond motifs is 1. The van der Waals surface area contributed by atoms with Crippen molar-refractivity contribution in [3.63, 3.8) is 0 Å². The van der Waals surface area contributed by atoms with Gasteiger partial charge in [0.25, 0.3) is 0 Å². The average Bonchev–Trinajstić information content (AvgIpc) is 2.62. The molecular weight excluding hydrogens is 308 g/mol. The van der Waals surface area contributed by atoms with Gasteiger partial charge in [-0.1, -0.05) is 6.92 Å². The molecule has 0 bridgehead atoms. The molecule has 0 aromatic heterocycles. The summed E-state index contributed by atoms with van der Waals surface area (Å²) in [4.78, 5) is 10.9. The Bertz CT molecular complexity index is 769. The minimum atomic E-state index is -0.949. The van der Waals surface area contributed by atoms with Gasteiger partial charge in [-0.05, 0) is 48.9 Å². The number of aromatic carboxylic acids is 1. The van der Waals surface area contributed by atoms with E-state index in [0.717, 1.165) is 34.9 Å². The fourth-order valence-electron chi connectivity index (χ4n) is 2.39. The molecule has 0 saturated carbocycles. The van der Waals surface area contributed by atoms with Crippen LogP contribution in [0.15, 0.2) is 47.6 Å². The Morgan fingerprint density at radius 1 is 1.08 bits per heavy atom. The number of carboxylic acids is 1. The van der Waals surface area contributed by atoms with Gasteiger partial charge in [0.05, 0.1) is 17.0 Å². The summed E-state index contributed by atoms with van der Waals surface area (Å²) in [5.41, 5.74) is 5.76. The Kier molecular flexibility index (Phi) is 4.65. The van der Waals surface area contributed by atoms with Crippen LogP contribution in [0.1, 0.15) is 29.3 Å². The Labute approximate surface area is 139 Å². The zero-order valence-corrected chi connectivity index (χ0v) is 13.3. The molecule has 0 saturated heterocycles. The number of carbonyl (C=O) groups is 1. The van der Waals surface area contributed by atoms with E-state index < -0.39 is 5.97 Å². The van der Waals surface area contributed by atoms with Gasteiger partial charge in [-0.3, -0.25) is 5.43 Å². The number of hydrogen-bond acceptors (Lipinski definition) is 5. The minimum absolute atomic E-state index is 0.243. The lowest BCUT2D eigenvalue weighted by Gasteiger charge is -2.19. The Morgan fingerprint density at radius 2 is 1.75 bits per heavy atom. The van der Waals surface area contributed by atoms with E-state index in [-0.39, 0.29) is 5.56 Å². The molecule has 0 radical (unpaired) electrons. The molecule has 3 rings (SSSR count). The second kappa shape index (κ2) is 7.04. The number of anilines is 1. The van der Waals surface area contributed by atoms with Crippen LogP contribution in [0.2, 0.25) is 0 Å². The molecule has 6 heteroatoms. The van der Waals surface area contributed by atoms with Crippen molar-refractivity contribution in [3.05, 3.63) is 53.6 Å². The smallest absolute Gasteiger partial charge is 0.335 e. The lowest BCUT2D eigenvalue weighted by Crippen LogP contribution is -2.16. The topological polar surface area (TPSA) is 80.2 Å². The largest absolute Gasteiger partial charge is 0.486 e. The maximum atomic E-state index is 10.9. The van der Waals surface area contributed by atoms with Crippen molar-refractivity contribution in [1.29, 1.82) is 0 Å². The quantitative estimate of drug-likeness (QED) is 0.650. The lowest BCUT2D eigenvalue weighted by atomic mass is 10.1. The number of nitrogens with one attached hydrogen (secondary N) is 1. The molecule has 24 heavy (non-hydrogen) atoms. The first kappa shape index (κ1) is 15.9. The van der Waals surface area contributed by atoms with Crippen molar-refractivity contribution >= 4 is 17.4 Å². The second-order valence-electron chi connectivity index (χ2n) is 5.26. The SMILES string of the molecule is CC/C(=N/Nc1ccc(C(=O)O)cc1)c1ccc2c(c1)OCCO2. The van der Waals surface area contributed by atoms with Crippen LogP contribution < -0.4 is 14.9 Å². The molecular formula is C18H18N2O4. The molecule has 0 fully saturated rings. The molecule has 6 nitrogen and oxygen atoms in total. The number of ether oxygens (including phenoxy) is 2.